The topological polar surface area (TPSA) is 86.7 Å². The van der Waals surface area contributed by atoms with Crippen LogP contribution in [-0.2, 0) is 9.59 Å². The number of nitrogens with one attached hydrogen (secondary N) is 1. The molecule has 0 aliphatic carbocycles. The van der Waals surface area contributed by atoms with Gasteiger partial charge in [0.2, 0.25) is 11.8 Å². The molecule has 2 aromatic carbocycles. The van der Waals surface area contributed by atoms with Crippen molar-refractivity contribution in [1.82, 2.24) is 4.90 Å². The number of halogens is 1. The molecule has 0 saturated carbocycles. The number of aromatic carboxylic acids is 1. The molecule has 27 heavy (non-hydrogen) atoms. The van der Waals surface area contributed by atoms with Gasteiger partial charge in [-0.25, -0.2) is 4.79 Å². The third kappa shape index (κ3) is 3.80. The molecule has 1 aliphatic heterocycles. The predicted molar refractivity (Wildman–Crippen MR) is 102 cm³/mol. The summed E-state index contributed by atoms with van der Waals surface area (Å²) < 4.78 is 0. The van der Waals surface area contributed by atoms with E-state index in [0.717, 1.165) is 5.56 Å². The van der Waals surface area contributed by atoms with Crippen molar-refractivity contribution in [2.24, 2.45) is 5.92 Å². The summed E-state index contributed by atoms with van der Waals surface area (Å²) >= 11 is 6.07. The molecule has 1 saturated heterocycles. The second-order valence-corrected chi connectivity index (χ2v) is 7.08. The number of hydrogen-bond acceptors (Lipinski definition) is 3. The van der Waals surface area contributed by atoms with Crippen molar-refractivity contribution < 1.29 is 19.5 Å². The monoisotopic (exact) mass is 386 g/mol. The number of carboxylic acid groups (broad SMARTS) is 1. The van der Waals surface area contributed by atoms with Gasteiger partial charge in [-0.15, -0.1) is 0 Å². The largest absolute Gasteiger partial charge is 0.478 e. The van der Waals surface area contributed by atoms with Crippen LogP contribution < -0.4 is 5.32 Å². The van der Waals surface area contributed by atoms with Gasteiger partial charge < -0.3 is 15.3 Å². The molecule has 2 unspecified atom stereocenters. The highest BCUT2D eigenvalue weighted by Crippen LogP contribution is 2.38. The minimum absolute atomic E-state index is 0.0805. The number of rotatable bonds is 4. The normalized spacial score (nSPS) is 19.2. The molecule has 0 radical (unpaired) electrons. The SMILES string of the molecule is Cc1ccc(NC(=O)C2CC(=O)N(C)C2c2cccc(Cl)c2)cc1C(=O)O. The molecular weight excluding hydrogens is 368 g/mol. The highest BCUT2D eigenvalue weighted by molar-refractivity contribution is 6.30. The van der Waals surface area contributed by atoms with Crippen LogP contribution in [0.25, 0.3) is 0 Å². The zero-order chi connectivity index (χ0) is 19.7. The molecule has 3 rings (SSSR count). The van der Waals surface area contributed by atoms with Crippen molar-refractivity contribution >= 4 is 35.1 Å². The van der Waals surface area contributed by atoms with Crippen molar-refractivity contribution in [2.75, 3.05) is 12.4 Å². The van der Waals surface area contributed by atoms with Crippen LogP contribution >= 0.6 is 11.6 Å². The fourth-order valence-electron chi connectivity index (χ4n) is 3.42. The highest BCUT2D eigenvalue weighted by Gasteiger charge is 2.42. The first-order valence-electron chi connectivity index (χ1n) is 8.44. The van der Waals surface area contributed by atoms with Crippen molar-refractivity contribution in [3.05, 3.63) is 64.2 Å². The third-order valence-electron chi connectivity index (χ3n) is 4.85. The first-order chi connectivity index (χ1) is 12.8. The Balaban J connectivity index is 1.87. The van der Waals surface area contributed by atoms with Crippen LogP contribution in [0.5, 0.6) is 0 Å². The summed E-state index contributed by atoms with van der Waals surface area (Å²) in [5, 5.41) is 12.5. The van der Waals surface area contributed by atoms with Crippen LogP contribution in [-0.4, -0.2) is 34.8 Å². The maximum absolute atomic E-state index is 12.9. The summed E-state index contributed by atoms with van der Waals surface area (Å²) in [6.07, 6.45) is 0.0805. The van der Waals surface area contributed by atoms with E-state index in [0.29, 0.717) is 16.3 Å². The van der Waals surface area contributed by atoms with Crippen molar-refractivity contribution in [1.29, 1.82) is 0 Å². The minimum Gasteiger partial charge on any atom is -0.478 e. The lowest BCUT2D eigenvalue weighted by Crippen LogP contribution is -2.30. The van der Waals surface area contributed by atoms with E-state index in [9.17, 15) is 19.5 Å². The average Bonchev–Trinajstić information content (AvgIpc) is 2.91. The Labute approximate surface area is 161 Å². The van der Waals surface area contributed by atoms with Gasteiger partial charge in [-0.2, -0.15) is 0 Å². The van der Waals surface area contributed by atoms with Crippen LogP contribution in [0, 0.1) is 12.8 Å². The summed E-state index contributed by atoms with van der Waals surface area (Å²) in [6.45, 7) is 1.69. The van der Waals surface area contributed by atoms with Gasteiger partial charge in [0.25, 0.3) is 0 Å². The van der Waals surface area contributed by atoms with Gasteiger partial charge in [-0.3, -0.25) is 9.59 Å². The zero-order valence-corrected chi connectivity index (χ0v) is 15.7. The smallest absolute Gasteiger partial charge is 0.336 e. The molecule has 0 spiro atoms. The molecule has 0 aromatic heterocycles. The lowest BCUT2D eigenvalue weighted by Gasteiger charge is -2.25. The summed E-state index contributed by atoms with van der Waals surface area (Å²) in [6, 6.07) is 11.4. The van der Waals surface area contributed by atoms with E-state index in [2.05, 4.69) is 5.32 Å². The summed E-state index contributed by atoms with van der Waals surface area (Å²) in [4.78, 5) is 37.9. The highest BCUT2D eigenvalue weighted by atomic mass is 35.5. The maximum atomic E-state index is 12.9. The van der Waals surface area contributed by atoms with Crippen LogP contribution in [0.15, 0.2) is 42.5 Å². The second kappa shape index (κ2) is 7.40. The second-order valence-electron chi connectivity index (χ2n) is 6.64. The molecule has 1 fully saturated rings. The van der Waals surface area contributed by atoms with E-state index in [1.807, 2.05) is 6.07 Å². The van der Waals surface area contributed by atoms with Gasteiger partial charge in [0.15, 0.2) is 0 Å². The Morgan fingerprint density at radius 2 is 1.96 bits per heavy atom. The molecule has 1 heterocycles. The fraction of sp³-hybridized carbons (Fsp3) is 0.250. The van der Waals surface area contributed by atoms with Crippen LogP contribution in [0.2, 0.25) is 5.02 Å². The number of nitrogens with zero attached hydrogens (tertiary/aromatic N) is 1. The number of aryl methyl sites for hydroxylation is 1. The summed E-state index contributed by atoms with van der Waals surface area (Å²) in [5.41, 5.74) is 1.90. The number of amides is 2. The molecular formula is C20H19ClN2O4. The number of carbonyl (C=O) groups excluding carboxylic acids is 2. The fourth-order valence-corrected chi connectivity index (χ4v) is 3.62. The van der Waals surface area contributed by atoms with E-state index >= 15 is 0 Å². The zero-order valence-electron chi connectivity index (χ0n) is 14.9. The van der Waals surface area contributed by atoms with Gasteiger partial charge >= 0.3 is 5.97 Å². The Kier molecular flexibility index (Phi) is 5.19. The van der Waals surface area contributed by atoms with Gasteiger partial charge in [-0.1, -0.05) is 29.8 Å². The quantitative estimate of drug-likeness (QED) is 0.841. The molecule has 140 valence electrons. The van der Waals surface area contributed by atoms with Gasteiger partial charge in [-0.05, 0) is 42.3 Å². The minimum atomic E-state index is -1.06. The average molecular weight is 387 g/mol. The molecule has 0 bridgehead atoms. The predicted octanol–water partition coefficient (Wildman–Crippen LogP) is 3.50. The summed E-state index contributed by atoms with van der Waals surface area (Å²) in [5.74, 6) is -2.13. The molecule has 2 amide bonds. The number of hydrogen-bond donors (Lipinski definition) is 2. The van der Waals surface area contributed by atoms with Gasteiger partial charge in [0.05, 0.1) is 17.5 Å². The molecule has 2 N–H and O–H groups in total. The Morgan fingerprint density at radius 1 is 1.22 bits per heavy atom. The number of likely N-dealkylation sites (tertiary alicyclic amines) is 1. The first-order valence-corrected chi connectivity index (χ1v) is 8.81. The molecule has 1 aliphatic rings. The van der Waals surface area contributed by atoms with E-state index in [1.54, 1.807) is 49.2 Å². The molecule has 2 aromatic rings. The van der Waals surface area contributed by atoms with Crippen LogP contribution in [0.4, 0.5) is 5.69 Å². The number of anilines is 1. The number of carbonyl (C=O) groups is 3. The Morgan fingerprint density at radius 3 is 2.63 bits per heavy atom. The van der Waals surface area contributed by atoms with Crippen molar-refractivity contribution in [2.45, 2.75) is 19.4 Å². The van der Waals surface area contributed by atoms with Crippen LogP contribution in [0.1, 0.15) is 33.9 Å². The Hall–Kier alpha value is -2.86. The maximum Gasteiger partial charge on any atom is 0.336 e. The Bertz CT molecular complexity index is 928. The van der Waals surface area contributed by atoms with Crippen molar-refractivity contribution in [3.63, 3.8) is 0 Å². The van der Waals surface area contributed by atoms with Crippen LogP contribution in [0.3, 0.4) is 0 Å². The molecule has 2 atom stereocenters. The standard InChI is InChI=1S/C20H19ClN2O4/c1-11-6-7-14(9-15(11)20(26)27)22-19(25)16-10-17(24)23(2)18(16)12-4-3-5-13(21)8-12/h3-9,16,18H,10H2,1-2H3,(H,22,25)(H,26,27). The number of carboxylic acids is 1. The van der Waals surface area contributed by atoms with E-state index in [4.69, 9.17) is 11.6 Å². The van der Waals surface area contributed by atoms with Crippen molar-refractivity contribution in [3.8, 4) is 0 Å². The lowest BCUT2D eigenvalue weighted by atomic mass is 9.92. The van der Waals surface area contributed by atoms with Gasteiger partial charge in [0, 0.05) is 24.2 Å². The van der Waals surface area contributed by atoms with Gasteiger partial charge in [0.1, 0.15) is 0 Å². The lowest BCUT2D eigenvalue weighted by molar-refractivity contribution is -0.128. The first kappa shape index (κ1) is 18.9. The van der Waals surface area contributed by atoms with E-state index < -0.39 is 17.9 Å². The third-order valence-corrected chi connectivity index (χ3v) is 5.08. The van der Waals surface area contributed by atoms with E-state index in [-0.39, 0.29) is 23.8 Å². The number of benzene rings is 2. The molecule has 7 heteroatoms. The molecule has 6 nitrogen and oxygen atoms in total. The summed E-state index contributed by atoms with van der Waals surface area (Å²) in [7, 11) is 1.66. The van der Waals surface area contributed by atoms with E-state index in [1.165, 1.54) is 6.07 Å².